The van der Waals surface area contributed by atoms with Crippen LogP contribution in [0.1, 0.15) is 39.2 Å². The highest BCUT2D eigenvalue weighted by Gasteiger charge is 2.31. The molecule has 2 aromatic heterocycles. The van der Waals surface area contributed by atoms with E-state index in [1.807, 2.05) is 13.8 Å². The number of amides is 1. The molecule has 0 unspecified atom stereocenters. The minimum absolute atomic E-state index is 0.0310. The number of fused-ring (bicyclic) bond motifs is 1. The van der Waals surface area contributed by atoms with Crippen molar-refractivity contribution in [2.75, 3.05) is 12.4 Å². The number of aryl methyl sites for hydroxylation is 1. The Morgan fingerprint density at radius 1 is 1.23 bits per heavy atom. The van der Waals surface area contributed by atoms with E-state index in [1.165, 1.54) is 24.5 Å². The molecule has 2 heterocycles. The van der Waals surface area contributed by atoms with Crippen molar-refractivity contribution in [3.05, 3.63) is 56.3 Å². The molecule has 8 heteroatoms. The fourth-order valence-electron chi connectivity index (χ4n) is 3.19. The van der Waals surface area contributed by atoms with Crippen LogP contribution in [-0.4, -0.2) is 19.0 Å². The Kier molecular flexibility index (Phi) is 5.34. The first kappa shape index (κ1) is 20.2. The number of anilines is 1. The number of benzene rings is 1. The molecule has 3 aromatic rings. The van der Waals surface area contributed by atoms with Crippen LogP contribution >= 0.6 is 11.3 Å². The summed E-state index contributed by atoms with van der Waals surface area (Å²) in [4.78, 5) is 37.9. The van der Waals surface area contributed by atoms with Crippen LogP contribution in [0.2, 0.25) is 0 Å². The number of esters is 1. The van der Waals surface area contributed by atoms with E-state index in [0.717, 1.165) is 23.3 Å². The van der Waals surface area contributed by atoms with Crippen LogP contribution in [0.4, 0.5) is 5.00 Å². The van der Waals surface area contributed by atoms with Gasteiger partial charge in [0.2, 0.25) is 5.91 Å². The summed E-state index contributed by atoms with van der Waals surface area (Å²) >= 11 is 1.36. The Labute approximate surface area is 176 Å². The Balaban J connectivity index is 1.58. The minimum atomic E-state index is -0.544. The predicted octanol–water partition coefficient (Wildman–Crippen LogP) is 4.19. The number of methoxy groups -OCH3 is 1. The Hall–Kier alpha value is -3.13. The third-order valence-corrected chi connectivity index (χ3v) is 6.29. The second kappa shape index (κ2) is 7.95. The van der Waals surface area contributed by atoms with Gasteiger partial charge in [0.15, 0.2) is 0 Å². The molecule has 0 bridgehead atoms. The van der Waals surface area contributed by atoms with Gasteiger partial charge in [-0.3, -0.25) is 4.79 Å². The normalized spacial score (nSPS) is 13.3. The first-order chi connectivity index (χ1) is 14.4. The summed E-state index contributed by atoms with van der Waals surface area (Å²) in [5, 5.41) is 4.03. The quantitative estimate of drug-likeness (QED) is 0.468. The summed E-state index contributed by atoms with van der Waals surface area (Å²) in [7, 11) is 1.52. The number of thiophene rings is 1. The van der Waals surface area contributed by atoms with Gasteiger partial charge in [-0.2, -0.15) is 0 Å². The highest BCUT2D eigenvalue weighted by molar-refractivity contribution is 7.16. The fraction of sp³-hybridized carbons (Fsp3) is 0.318. The van der Waals surface area contributed by atoms with Gasteiger partial charge in [-0.25, -0.2) is 9.59 Å². The number of nitrogens with one attached hydrogen (secondary N) is 1. The SMILES string of the molecule is COc1ccc2c(COC(=O)c3c(NC(=O)C4CC4)sc(C)c3C)cc(=O)oc2c1. The Bertz CT molecular complexity index is 1200. The van der Waals surface area contributed by atoms with Gasteiger partial charge in [0.1, 0.15) is 22.9 Å². The maximum atomic E-state index is 12.9. The first-order valence-corrected chi connectivity index (χ1v) is 10.4. The predicted molar refractivity (Wildman–Crippen MR) is 113 cm³/mol. The molecular weight excluding hydrogens is 406 g/mol. The largest absolute Gasteiger partial charge is 0.497 e. The van der Waals surface area contributed by atoms with Crippen LogP contribution in [0, 0.1) is 19.8 Å². The molecule has 1 fully saturated rings. The van der Waals surface area contributed by atoms with Gasteiger partial charge in [0, 0.05) is 33.9 Å². The van der Waals surface area contributed by atoms with Gasteiger partial charge in [-0.15, -0.1) is 11.3 Å². The molecule has 1 saturated carbocycles. The summed E-state index contributed by atoms with van der Waals surface area (Å²) in [5.74, 6) is -0.0209. The lowest BCUT2D eigenvalue weighted by molar-refractivity contribution is -0.117. The molecule has 0 radical (unpaired) electrons. The smallest absolute Gasteiger partial charge is 0.341 e. The van der Waals surface area contributed by atoms with Crippen molar-refractivity contribution in [3.63, 3.8) is 0 Å². The molecular formula is C22H21NO6S. The molecule has 0 atom stereocenters. The summed E-state index contributed by atoms with van der Waals surface area (Å²) in [5.41, 5.74) is 1.48. The lowest BCUT2D eigenvalue weighted by Gasteiger charge is -2.10. The average Bonchev–Trinajstić information content (AvgIpc) is 3.52. The third-order valence-electron chi connectivity index (χ3n) is 5.17. The number of ether oxygens (including phenoxy) is 2. The summed E-state index contributed by atoms with van der Waals surface area (Å²) in [6.45, 7) is 3.62. The molecule has 4 rings (SSSR count). The molecule has 1 aliphatic carbocycles. The number of carbonyl (C=O) groups is 2. The first-order valence-electron chi connectivity index (χ1n) is 9.56. The van der Waals surface area contributed by atoms with E-state index in [4.69, 9.17) is 13.9 Å². The van der Waals surface area contributed by atoms with E-state index in [-0.39, 0.29) is 18.4 Å². The van der Waals surface area contributed by atoms with Crippen molar-refractivity contribution >= 4 is 39.2 Å². The van der Waals surface area contributed by atoms with E-state index >= 15 is 0 Å². The van der Waals surface area contributed by atoms with Crippen LogP contribution < -0.4 is 15.7 Å². The zero-order chi connectivity index (χ0) is 21.4. The average molecular weight is 427 g/mol. The van der Waals surface area contributed by atoms with Crippen molar-refractivity contribution in [1.82, 2.24) is 0 Å². The lowest BCUT2D eigenvalue weighted by atomic mass is 10.1. The molecule has 1 N–H and O–H groups in total. The topological polar surface area (TPSA) is 94.8 Å². The molecule has 1 aliphatic rings. The van der Waals surface area contributed by atoms with Crippen molar-refractivity contribution < 1.29 is 23.5 Å². The maximum absolute atomic E-state index is 12.9. The van der Waals surface area contributed by atoms with Crippen LogP contribution in [0.3, 0.4) is 0 Å². The van der Waals surface area contributed by atoms with Gasteiger partial charge >= 0.3 is 11.6 Å². The lowest BCUT2D eigenvalue weighted by Crippen LogP contribution is -2.16. The Morgan fingerprint density at radius 3 is 2.70 bits per heavy atom. The van der Waals surface area contributed by atoms with E-state index in [9.17, 15) is 14.4 Å². The van der Waals surface area contributed by atoms with E-state index in [2.05, 4.69) is 5.32 Å². The van der Waals surface area contributed by atoms with E-state index in [1.54, 1.807) is 18.2 Å². The number of hydrogen-bond acceptors (Lipinski definition) is 7. The van der Waals surface area contributed by atoms with Gasteiger partial charge in [0.25, 0.3) is 0 Å². The van der Waals surface area contributed by atoms with Gasteiger partial charge in [-0.1, -0.05) is 0 Å². The zero-order valence-electron chi connectivity index (χ0n) is 16.9. The van der Waals surface area contributed by atoms with Crippen molar-refractivity contribution in [3.8, 4) is 5.75 Å². The third kappa shape index (κ3) is 3.95. The zero-order valence-corrected chi connectivity index (χ0v) is 17.7. The molecule has 7 nitrogen and oxygen atoms in total. The maximum Gasteiger partial charge on any atom is 0.341 e. The number of hydrogen-bond donors (Lipinski definition) is 1. The summed E-state index contributed by atoms with van der Waals surface area (Å²) in [6, 6.07) is 6.41. The van der Waals surface area contributed by atoms with Crippen LogP contribution in [0.25, 0.3) is 11.0 Å². The highest BCUT2D eigenvalue weighted by Crippen LogP contribution is 2.36. The highest BCUT2D eigenvalue weighted by atomic mass is 32.1. The van der Waals surface area contributed by atoms with Crippen molar-refractivity contribution in [2.45, 2.75) is 33.3 Å². The molecule has 0 saturated heterocycles. The second-order valence-corrected chi connectivity index (χ2v) is 8.50. The molecule has 0 spiro atoms. The van der Waals surface area contributed by atoms with Gasteiger partial charge < -0.3 is 19.2 Å². The van der Waals surface area contributed by atoms with Crippen LogP contribution in [-0.2, 0) is 16.1 Å². The van der Waals surface area contributed by atoms with Crippen molar-refractivity contribution in [2.24, 2.45) is 5.92 Å². The van der Waals surface area contributed by atoms with Gasteiger partial charge in [-0.05, 0) is 44.4 Å². The summed E-state index contributed by atoms with van der Waals surface area (Å²) < 4.78 is 15.9. The monoisotopic (exact) mass is 427 g/mol. The fourth-order valence-corrected chi connectivity index (χ4v) is 4.24. The molecule has 1 amide bonds. The molecule has 30 heavy (non-hydrogen) atoms. The molecule has 1 aromatic carbocycles. The van der Waals surface area contributed by atoms with E-state index < -0.39 is 11.6 Å². The van der Waals surface area contributed by atoms with Gasteiger partial charge in [0.05, 0.1) is 12.7 Å². The number of carbonyl (C=O) groups excluding carboxylic acids is 2. The van der Waals surface area contributed by atoms with Crippen molar-refractivity contribution in [1.29, 1.82) is 0 Å². The molecule has 0 aliphatic heterocycles. The Morgan fingerprint density at radius 2 is 2.00 bits per heavy atom. The summed E-state index contributed by atoms with van der Waals surface area (Å²) in [6.07, 6.45) is 1.76. The second-order valence-electron chi connectivity index (χ2n) is 7.28. The molecule has 156 valence electrons. The minimum Gasteiger partial charge on any atom is -0.497 e. The van der Waals surface area contributed by atoms with E-state index in [0.29, 0.717) is 32.8 Å². The standard InChI is InChI=1S/C22H21NO6S/c1-11-12(2)30-21(23-20(25)13-4-5-13)19(11)22(26)28-10-14-8-18(24)29-17-9-15(27-3)6-7-16(14)17/h6-9,13H,4-5,10H2,1-3H3,(H,23,25). The van der Waals surface area contributed by atoms with Crippen LogP contribution in [0.5, 0.6) is 5.75 Å². The number of rotatable bonds is 6. The van der Waals surface area contributed by atoms with Crippen LogP contribution in [0.15, 0.2) is 33.5 Å².